The fourth-order valence-electron chi connectivity index (χ4n) is 2.18. The van der Waals surface area contributed by atoms with Crippen LogP contribution < -0.4 is 5.32 Å². The van der Waals surface area contributed by atoms with E-state index in [1.807, 2.05) is 11.3 Å². The Labute approximate surface area is 108 Å². The van der Waals surface area contributed by atoms with Crippen molar-refractivity contribution in [1.29, 1.82) is 0 Å². The molecule has 0 radical (unpaired) electrons. The molecule has 1 aliphatic heterocycles. The van der Waals surface area contributed by atoms with Crippen LogP contribution in [0.25, 0.3) is 0 Å². The lowest BCUT2D eigenvalue weighted by Gasteiger charge is -2.22. The Morgan fingerprint density at radius 1 is 1.29 bits per heavy atom. The van der Waals surface area contributed by atoms with Gasteiger partial charge in [0.2, 0.25) is 0 Å². The van der Waals surface area contributed by atoms with Gasteiger partial charge in [-0.15, -0.1) is 11.3 Å². The Hall–Kier alpha value is -0.830. The third kappa shape index (κ3) is 3.56. The minimum absolute atomic E-state index is 0.463. The summed E-state index contributed by atoms with van der Waals surface area (Å²) in [6, 6.07) is 4.82. The average Bonchev–Trinajstić information content (AvgIpc) is 2.74. The van der Waals surface area contributed by atoms with Gasteiger partial charge in [0.1, 0.15) is 0 Å². The van der Waals surface area contributed by atoms with E-state index in [0.29, 0.717) is 12.0 Å². The number of rotatable bonds is 3. The fraction of sp³-hybridized carbons (Fsp3) is 0.643. The summed E-state index contributed by atoms with van der Waals surface area (Å²) in [7, 11) is 0. The van der Waals surface area contributed by atoms with Crippen molar-refractivity contribution in [1.82, 2.24) is 5.32 Å². The van der Waals surface area contributed by atoms with Crippen molar-refractivity contribution in [3.05, 3.63) is 22.4 Å². The Morgan fingerprint density at radius 2 is 2.18 bits per heavy atom. The molecule has 0 amide bonds. The predicted octanol–water partition coefficient (Wildman–Crippen LogP) is 3.80. The molecule has 0 aromatic carbocycles. The average molecular weight is 250 g/mol. The molecule has 0 bridgehead atoms. The first kappa shape index (κ1) is 12.6. The van der Waals surface area contributed by atoms with Gasteiger partial charge in [0.15, 0.2) is 0 Å². The summed E-state index contributed by atoms with van der Waals surface area (Å²) in [4.78, 5) is 6.09. The number of nitrogens with one attached hydrogen (secondary N) is 1. The van der Waals surface area contributed by atoms with Crippen LogP contribution in [-0.4, -0.2) is 18.4 Å². The maximum absolute atomic E-state index is 4.64. The molecule has 1 aromatic heterocycles. The zero-order valence-electron chi connectivity index (χ0n) is 10.8. The van der Waals surface area contributed by atoms with Crippen LogP contribution >= 0.6 is 11.3 Å². The van der Waals surface area contributed by atoms with Crippen LogP contribution in [0.3, 0.4) is 0 Å². The van der Waals surface area contributed by atoms with Gasteiger partial charge in [0, 0.05) is 29.8 Å². The number of thiophene rings is 1. The maximum Gasteiger partial charge on any atom is 0.0965 e. The normalized spacial score (nSPS) is 20.2. The number of aliphatic imine (C=N–C) groups is 1. The van der Waals surface area contributed by atoms with Gasteiger partial charge in [-0.25, -0.2) is 0 Å². The highest BCUT2D eigenvalue weighted by molar-refractivity contribution is 7.10. The molecule has 3 heteroatoms. The van der Waals surface area contributed by atoms with E-state index >= 15 is 0 Å². The van der Waals surface area contributed by atoms with Gasteiger partial charge in [-0.2, -0.15) is 0 Å². The van der Waals surface area contributed by atoms with E-state index in [0.717, 1.165) is 13.0 Å². The summed E-state index contributed by atoms with van der Waals surface area (Å²) in [6.45, 7) is 5.56. The van der Waals surface area contributed by atoms with Crippen LogP contribution in [0.4, 0.5) is 0 Å². The summed E-state index contributed by atoms with van der Waals surface area (Å²) < 4.78 is 0. The molecule has 0 aliphatic carbocycles. The standard InChI is InChI=1S/C14H22N2S/c1-11(13-7-6-10-17-13)12(2)16-14-8-4-3-5-9-15-14/h6-7,10-12H,3-5,8-9H2,1-2H3,(H,15,16). The summed E-state index contributed by atoms with van der Waals surface area (Å²) in [6.07, 6.45) is 4.98. The monoisotopic (exact) mass is 250 g/mol. The lowest BCUT2D eigenvalue weighted by molar-refractivity contribution is 0.561. The van der Waals surface area contributed by atoms with Crippen LogP contribution in [0.1, 0.15) is 50.3 Å². The van der Waals surface area contributed by atoms with Crippen LogP contribution in [0.5, 0.6) is 0 Å². The molecule has 0 fully saturated rings. The zero-order valence-corrected chi connectivity index (χ0v) is 11.6. The van der Waals surface area contributed by atoms with Crippen LogP contribution in [0.2, 0.25) is 0 Å². The zero-order chi connectivity index (χ0) is 12.1. The third-order valence-electron chi connectivity index (χ3n) is 3.51. The van der Waals surface area contributed by atoms with Crippen molar-refractivity contribution < 1.29 is 0 Å². The minimum atomic E-state index is 0.463. The largest absolute Gasteiger partial charge is 0.371 e. The molecule has 2 unspecified atom stereocenters. The van der Waals surface area contributed by atoms with E-state index in [9.17, 15) is 0 Å². The highest BCUT2D eigenvalue weighted by Gasteiger charge is 2.16. The Morgan fingerprint density at radius 3 is 2.94 bits per heavy atom. The van der Waals surface area contributed by atoms with E-state index in [2.05, 4.69) is 41.7 Å². The smallest absolute Gasteiger partial charge is 0.0965 e. The predicted molar refractivity (Wildman–Crippen MR) is 76.1 cm³/mol. The molecule has 0 saturated heterocycles. The molecule has 2 rings (SSSR count). The van der Waals surface area contributed by atoms with E-state index in [1.54, 1.807) is 0 Å². The Balaban J connectivity index is 1.91. The lowest BCUT2D eigenvalue weighted by Crippen LogP contribution is -2.35. The van der Waals surface area contributed by atoms with Crippen LogP contribution in [0.15, 0.2) is 22.5 Å². The van der Waals surface area contributed by atoms with E-state index < -0.39 is 0 Å². The van der Waals surface area contributed by atoms with Gasteiger partial charge in [0.05, 0.1) is 5.84 Å². The summed E-state index contributed by atoms with van der Waals surface area (Å²) >= 11 is 1.85. The van der Waals surface area contributed by atoms with Crippen molar-refractivity contribution in [3.63, 3.8) is 0 Å². The second-order valence-corrected chi connectivity index (χ2v) is 5.86. The van der Waals surface area contributed by atoms with Crippen molar-refractivity contribution in [2.24, 2.45) is 4.99 Å². The molecule has 1 aromatic rings. The number of nitrogens with zero attached hydrogens (tertiary/aromatic N) is 1. The molecule has 17 heavy (non-hydrogen) atoms. The summed E-state index contributed by atoms with van der Waals surface area (Å²) in [5.41, 5.74) is 0. The van der Waals surface area contributed by atoms with Gasteiger partial charge in [-0.1, -0.05) is 19.4 Å². The van der Waals surface area contributed by atoms with Crippen LogP contribution in [-0.2, 0) is 0 Å². The molecule has 0 spiro atoms. The second-order valence-electron chi connectivity index (χ2n) is 4.88. The lowest BCUT2D eigenvalue weighted by atomic mass is 10.0. The molecule has 1 aliphatic rings. The van der Waals surface area contributed by atoms with Gasteiger partial charge in [-0.05, 0) is 31.2 Å². The van der Waals surface area contributed by atoms with Crippen LogP contribution in [0, 0.1) is 0 Å². The first-order chi connectivity index (χ1) is 8.27. The van der Waals surface area contributed by atoms with E-state index in [4.69, 9.17) is 0 Å². The Kier molecular flexibility index (Phi) is 4.60. The third-order valence-corrected chi connectivity index (χ3v) is 4.58. The molecule has 1 N–H and O–H groups in total. The van der Waals surface area contributed by atoms with Gasteiger partial charge < -0.3 is 5.32 Å². The van der Waals surface area contributed by atoms with Crippen molar-refractivity contribution >= 4 is 17.2 Å². The summed E-state index contributed by atoms with van der Waals surface area (Å²) in [5, 5.41) is 5.76. The SMILES string of the molecule is CC(NC1=NCCCCC1)C(C)c1cccs1. The molecule has 2 atom stereocenters. The number of hydrogen-bond acceptors (Lipinski definition) is 3. The highest BCUT2D eigenvalue weighted by atomic mass is 32.1. The Bertz CT molecular complexity index is 356. The van der Waals surface area contributed by atoms with Crippen molar-refractivity contribution in [2.45, 2.75) is 51.5 Å². The number of amidine groups is 1. The van der Waals surface area contributed by atoms with Gasteiger partial charge in [0.25, 0.3) is 0 Å². The highest BCUT2D eigenvalue weighted by Crippen LogP contribution is 2.24. The molecule has 0 saturated carbocycles. The second kappa shape index (κ2) is 6.20. The van der Waals surface area contributed by atoms with E-state index in [-0.39, 0.29) is 0 Å². The van der Waals surface area contributed by atoms with Gasteiger partial charge in [-0.3, -0.25) is 4.99 Å². The van der Waals surface area contributed by atoms with E-state index in [1.165, 1.54) is 30.0 Å². The maximum atomic E-state index is 4.64. The molecular formula is C14H22N2S. The molecule has 2 nitrogen and oxygen atoms in total. The van der Waals surface area contributed by atoms with Crippen molar-refractivity contribution in [3.8, 4) is 0 Å². The molecule has 94 valence electrons. The fourth-order valence-corrected chi connectivity index (χ4v) is 3.07. The first-order valence-electron chi connectivity index (χ1n) is 6.60. The topological polar surface area (TPSA) is 24.4 Å². The number of hydrogen-bond donors (Lipinski definition) is 1. The quantitative estimate of drug-likeness (QED) is 0.867. The first-order valence-corrected chi connectivity index (χ1v) is 7.48. The summed E-state index contributed by atoms with van der Waals surface area (Å²) in [5.74, 6) is 1.78. The molecule has 2 heterocycles. The van der Waals surface area contributed by atoms with Crippen molar-refractivity contribution in [2.75, 3.05) is 6.54 Å². The molecular weight excluding hydrogens is 228 g/mol. The van der Waals surface area contributed by atoms with Gasteiger partial charge >= 0.3 is 0 Å². The minimum Gasteiger partial charge on any atom is -0.371 e.